The molecule has 2 aromatic rings. The Morgan fingerprint density at radius 2 is 2.20 bits per heavy atom. The van der Waals surface area contributed by atoms with Crippen LogP contribution < -0.4 is 5.32 Å². The third-order valence-electron chi connectivity index (χ3n) is 3.58. The topological polar surface area (TPSA) is 42.0 Å². The van der Waals surface area contributed by atoms with Crippen molar-refractivity contribution in [1.82, 2.24) is 10.3 Å². The van der Waals surface area contributed by atoms with Gasteiger partial charge in [0.05, 0.1) is 5.01 Å². The SMILES string of the molecule is CCCc1nc(C(=O)N[C@@H]2C[C@H]2c2ccccc2)cs1. The second kappa shape index (κ2) is 5.75. The number of carbonyl (C=O) groups is 1. The molecule has 1 aromatic carbocycles. The predicted molar refractivity (Wildman–Crippen MR) is 81.2 cm³/mol. The van der Waals surface area contributed by atoms with Crippen LogP contribution >= 0.6 is 11.3 Å². The van der Waals surface area contributed by atoms with E-state index in [1.807, 2.05) is 23.6 Å². The monoisotopic (exact) mass is 286 g/mol. The maximum atomic E-state index is 12.1. The van der Waals surface area contributed by atoms with E-state index in [4.69, 9.17) is 0 Å². The standard InChI is InChI=1S/C16H18N2OS/c1-2-6-15-17-14(10-20-15)16(19)18-13-9-12(13)11-7-4-3-5-8-11/h3-5,7-8,10,12-13H,2,6,9H2,1H3,(H,18,19)/t12-,13+/m0/s1. The van der Waals surface area contributed by atoms with Crippen LogP contribution in [0.3, 0.4) is 0 Å². The van der Waals surface area contributed by atoms with Gasteiger partial charge in [-0.1, -0.05) is 37.3 Å². The van der Waals surface area contributed by atoms with E-state index in [1.54, 1.807) is 11.3 Å². The Hall–Kier alpha value is -1.68. The van der Waals surface area contributed by atoms with Gasteiger partial charge in [0.25, 0.3) is 5.91 Å². The summed E-state index contributed by atoms with van der Waals surface area (Å²) in [5.41, 5.74) is 1.87. The van der Waals surface area contributed by atoms with Crippen molar-refractivity contribution in [2.45, 2.75) is 38.1 Å². The fourth-order valence-corrected chi connectivity index (χ4v) is 3.29. The molecule has 0 saturated heterocycles. The van der Waals surface area contributed by atoms with Crippen molar-refractivity contribution in [2.75, 3.05) is 0 Å². The average Bonchev–Trinajstić information content (AvgIpc) is 3.07. The lowest BCUT2D eigenvalue weighted by atomic mass is 10.1. The Morgan fingerprint density at radius 3 is 2.95 bits per heavy atom. The van der Waals surface area contributed by atoms with Crippen LogP contribution in [0.15, 0.2) is 35.7 Å². The molecule has 3 rings (SSSR count). The highest BCUT2D eigenvalue weighted by molar-refractivity contribution is 7.09. The third kappa shape index (κ3) is 2.90. The van der Waals surface area contributed by atoms with Gasteiger partial charge in [-0.25, -0.2) is 4.98 Å². The molecule has 0 unspecified atom stereocenters. The van der Waals surface area contributed by atoms with Crippen LogP contribution in [-0.2, 0) is 6.42 Å². The molecule has 2 atom stereocenters. The van der Waals surface area contributed by atoms with E-state index in [1.165, 1.54) is 5.56 Å². The molecule has 1 amide bonds. The lowest BCUT2D eigenvalue weighted by Crippen LogP contribution is -2.26. The second-order valence-electron chi connectivity index (χ2n) is 5.21. The van der Waals surface area contributed by atoms with Gasteiger partial charge >= 0.3 is 0 Å². The van der Waals surface area contributed by atoms with Gasteiger partial charge in [-0.2, -0.15) is 0 Å². The normalized spacial score (nSPS) is 20.6. The van der Waals surface area contributed by atoms with E-state index in [0.717, 1.165) is 24.3 Å². The van der Waals surface area contributed by atoms with Crippen LogP contribution in [0.4, 0.5) is 0 Å². The van der Waals surface area contributed by atoms with Crippen molar-refractivity contribution < 1.29 is 4.79 Å². The summed E-state index contributed by atoms with van der Waals surface area (Å²) in [5.74, 6) is 0.431. The Balaban J connectivity index is 1.58. The zero-order valence-corrected chi connectivity index (χ0v) is 12.3. The molecular weight excluding hydrogens is 268 g/mol. The maximum absolute atomic E-state index is 12.1. The first-order valence-electron chi connectivity index (χ1n) is 7.08. The number of hydrogen-bond acceptors (Lipinski definition) is 3. The number of thiazole rings is 1. The largest absolute Gasteiger partial charge is 0.347 e. The van der Waals surface area contributed by atoms with Crippen molar-refractivity contribution in [3.8, 4) is 0 Å². The van der Waals surface area contributed by atoms with E-state index in [-0.39, 0.29) is 11.9 Å². The molecule has 0 spiro atoms. The first kappa shape index (κ1) is 13.3. The minimum Gasteiger partial charge on any atom is -0.347 e. The zero-order chi connectivity index (χ0) is 13.9. The first-order valence-corrected chi connectivity index (χ1v) is 7.96. The van der Waals surface area contributed by atoms with Gasteiger partial charge in [-0.05, 0) is 24.8 Å². The maximum Gasteiger partial charge on any atom is 0.270 e. The summed E-state index contributed by atoms with van der Waals surface area (Å²) in [6.07, 6.45) is 3.04. The van der Waals surface area contributed by atoms with Gasteiger partial charge in [0, 0.05) is 17.3 Å². The highest BCUT2D eigenvalue weighted by Crippen LogP contribution is 2.40. The van der Waals surface area contributed by atoms with Gasteiger partial charge in [-0.15, -0.1) is 11.3 Å². The molecule has 1 fully saturated rings. The Labute approximate surface area is 123 Å². The molecule has 1 aliphatic rings. The highest BCUT2D eigenvalue weighted by atomic mass is 32.1. The van der Waals surface area contributed by atoms with Crippen molar-refractivity contribution >= 4 is 17.2 Å². The summed E-state index contributed by atoms with van der Waals surface area (Å²) in [7, 11) is 0. The summed E-state index contributed by atoms with van der Waals surface area (Å²) in [4.78, 5) is 16.5. The van der Waals surface area contributed by atoms with Gasteiger partial charge in [0.15, 0.2) is 0 Å². The molecule has 104 valence electrons. The van der Waals surface area contributed by atoms with Crippen molar-refractivity contribution in [3.63, 3.8) is 0 Å². The van der Waals surface area contributed by atoms with E-state index >= 15 is 0 Å². The van der Waals surface area contributed by atoms with Gasteiger partial charge < -0.3 is 5.32 Å². The smallest absolute Gasteiger partial charge is 0.270 e. The molecule has 4 heteroatoms. The second-order valence-corrected chi connectivity index (χ2v) is 6.15. The average molecular weight is 286 g/mol. The summed E-state index contributed by atoms with van der Waals surface area (Å²) >= 11 is 1.58. The van der Waals surface area contributed by atoms with E-state index < -0.39 is 0 Å². The number of nitrogens with zero attached hydrogens (tertiary/aromatic N) is 1. The lowest BCUT2D eigenvalue weighted by Gasteiger charge is -2.02. The fraction of sp³-hybridized carbons (Fsp3) is 0.375. The Bertz CT molecular complexity index is 594. The molecule has 3 nitrogen and oxygen atoms in total. The fourth-order valence-electron chi connectivity index (χ4n) is 2.41. The molecular formula is C16H18N2OS. The van der Waals surface area contributed by atoms with Crippen LogP contribution in [0, 0.1) is 0 Å². The number of benzene rings is 1. The molecule has 0 aliphatic heterocycles. The van der Waals surface area contributed by atoms with Crippen molar-refractivity contribution in [3.05, 3.63) is 52.0 Å². The molecule has 1 aromatic heterocycles. The predicted octanol–water partition coefficient (Wildman–Crippen LogP) is 3.38. The van der Waals surface area contributed by atoms with Crippen LogP contribution in [0.25, 0.3) is 0 Å². The highest BCUT2D eigenvalue weighted by Gasteiger charge is 2.39. The van der Waals surface area contributed by atoms with E-state index in [2.05, 4.69) is 29.4 Å². The number of carbonyl (C=O) groups excluding carboxylic acids is 1. The minimum atomic E-state index is -0.0352. The number of aryl methyl sites for hydroxylation is 1. The summed E-state index contributed by atoms with van der Waals surface area (Å²) < 4.78 is 0. The van der Waals surface area contributed by atoms with E-state index in [9.17, 15) is 4.79 Å². The zero-order valence-electron chi connectivity index (χ0n) is 11.5. The Morgan fingerprint density at radius 1 is 1.40 bits per heavy atom. The van der Waals surface area contributed by atoms with Gasteiger partial charge in [-0.3, -0.25) is 4.79 Å². The van der Waals surface area contributed by atoms with Crippen molar-refractivity contribution in [1.29, 1.82) is 0 Å². The van der Waals surface area contributed by atoms with Crippen LogP contribution in [0.1, 0.15) is 46.7 Å². The molecule has 0 bridgehead atoms. The minimum absolute atomic E-state index is 0.0352. The quantitative estimate of drug-likeness (QED) is 0.915. The number of amides is 1. The van der Waals surface area contributed by atoms with Crippen LogP contribution in [0.2, 0.25) is 0 Å². The van der Waals surface area contributed by atoms with Crippen molar-refractivity contribution in [2.24, 2.45) is 0 Å². The molecule has 20 heavy (non-hydrogen) atoms. The third-order valence-corrected chi connectivity index (χ3v) is 4.49. The number of aromatic nitrogens is 1. The van der Waals surface area contributed by atoms with Crippen LogP contribution in [0.5, 0.6) is 0 Å². The number of hydrogen-bond donors (Lipinski definition) is 1. The summed E-state index contributed by atoms with van der Waals surface area (Å²) in [6, 6.07) is 10.6. The van der Waals surface area contributed by atoms with E-state index in [0.29, 0.717) is 11.6 Å². The molecule has 1 aliphatic carbocycles. The molecule has 1 N–H and O–H groups in total. The van der Waals surface area contributed by atoms with Gasteiger partial charge in [0.1, 0.15) is 5.69 Å². The molecule has 1 heterocycles. The number of rotatable bonds is 5. The molecule has 1 saturated carbocycles. The summed E-state index contributed by atoms with van der Waals surface area (Å²) in [5, 5.41) is 5.99. The number of nitrogens with one attached hydrogen (secondary N) is 1. The molecule has 0 radical (unpaired) electrons. The lowest BCUT2D eigenvalue weighted by molar-refractivity contribution is 0.0946. The summed E-state index contributed by atoms with van der Waals surface area (Å²) in [6.45, 7) is 2.12. The van der Waals surface area contributed by atoms with Gasteiger partial charge in [0.2, 0.25) is 0 Å². The first-order chi connectivity index (χ1) is 9.78. The Kier molecular flexibility index (Phi) is 3.83. The van der Waals surface area contributed by atoms with Crippen LogP contribution in [-0.4, -0.2) is 16.9 Å².